The summed E-state index contributed by atoms with van der Waals surface area (Å²) < 4.78 is 11.8. The van der Waals surface area contributed by atoms with Crippen LogP contribution in [0.4, 0.5) is 0 Å². The molecule has 19 heavy (non-hydrogen) atoms. The first-order chi connectivity index (χ1) is 9.33. The maximum absolute atomic E-state index is 6.04. The van der Waals surface area contributed by atoms with Gasteiger partial charge in [-0.3, -0.25) is 0 Å². The Kier molecular flexibility index (Phi) is 5.62. The van der Waals surface area contributed by atoms with E-state index < -0.39 is 0 Å². The third-order valence-corrected chi connectivity index (χ3v) is 3.65. The van der Waals surface area contributed by atoms with E-state index in [9.17, 15) is 0 Å². The van der Waals surface area contributed by atoms with E-state index in [1.54, 1.807) is 0 Å². The van der Waals surface area contributed by atoms with Crippen LogP contribution >= 0.6 is 0 Å². The predicted octanol–water partition coefficient (Wildman–Crippen LogP) is 4.27. The van der Waals surface area contributed by atoms with Gasteiger partial charge in [0.25, 0.3) is 0 Å². The van der Waals surface area contributed by atoms with Gasteiger partial charge in [-0.15, -0.1) is 0 Å². The van der Waals surface area contributed by atoms with Crippen LogP contribution in [0.3, 0.4) is 0 Å². The van der Waals surface area contributed by atoms with Crippen molar-refractivity contribution in [3.8, 4) is 0 Å². The van der Waals surface area contributed by atoms with E-state index >= 15 is 0 Å². The summed E-state index contributed by atoms with van der Waals surface area (Å²) >= 11 is 0. The summed E-state index contributed by atoms with van der Waals surface area (Å²) in [4.78, 5) is 0. The molecule has 0 N–H and O–H groups in total. The summed E-state index contributed by atoms with van der Waals surface area (Å²) in [7, 11) is 0. The fraction of sp³-hybridized carbons (Fsp3) is 0.529. The first-order valence-electron chi connectivity index (χ1n) is 7.33. The monoisotopic (exact) mass is 260 g/mol. The zero-order valence-electron chi connectivity index (χ0n) is 11.9. The molecule has 0 unspecified atom stereocenters. The summed E-state index contributed by atoms with van der Waals surface area (Å²) in [5.41, 5.74) is 1.18. The SMILES string of the molecule is CCC[C@@H]1O[C@@H](/C=C/c2ccccc2)OC[C@H]1CC. The van der Waals surface area contributed by atoms with Gasteiger partial charge in [0, 0.05) is 5.92 Å². The van der Waals surface area contributed by atoms with E-state index in [-0.39, 0.29) is 6.29 Å². The van der Waals surface area contributed by atoms with Crippen molar-refractivity contribution in [1.29, 1.82) is 0 Å². The first kappa shape index (κ1) is 14.3. The van der Waals surface area contributed by atoms with Gasteiger partial charge in [-0.2, -0.15) is 0 Å². The molecule has 0 aliphatic carbocycles. The predicted molar refractivity (Wildman–Crippen MR) is 78.8 cm³/mol. The molecule has 1 aliphatic rings. The van der Waals surface area contributed by atoms with Crippen LogP contribution in [0.2, 0.25) is 0 Å². The molecule has 1 heterocycles. The second-order valence-electron chi connectivity index (χ2n) is 5.10. The van der Waals surface area contributed by atoms with Crippen LogP contribution in [-0.2, 0) is 9.47 Å². The molecule has 2 heteroatoms. The molecule has 2 rings (SSSR count). The third kappa shape index (κ3) is 4.19. The average Bonchev–Trinajstić information content (AvgIpc) is 2.47. The summed E-state index contributed by atoms with van der Waals surface area (Å²) in [6.07, 6.45) is 7.64. The maximum atomic E-state index is 6.04. The number of benzene rings is 1. The molecule has 1 saturated heterocycles. The molecule has 3 atom stereocenters. The highest BCUT2D eigenvalue weighted by Gasteiger charge is 2.28. The molecule has 1 aromatic rings. The first-order valence-corrected chi connectivity index (χ1v) is 7.33. The van der Waals surface area contributed by atoms with Crippen LogP contribution in [0.25, 0.3) is 6.08 Å². The molecule has 0 saturated carbocycles. The molecule has 104 valence electrons. The zero-order chi connectivity index (χ0) is 13.5. The minimum absolute atomic E-state index is 0.195. The van der Waals surface area contributed by atoms with Gasteiger partial charge in [0.2, 0.25) is 0 Å². The maximum Gasteiger partial charge on any atom is 0.177 e. The molecule has 0 spiro atoms. The molecule has 0 aromatic heterocycles. The summed E-state index contributed by atoms with van der Waals surface area (Å²) in [5, 5.41) is 0. The lowest BCUT2D eigenvalue weighted by atomic mass is 9.96. The normalized spacial score (nSPS) is 27.8. The molecule has 1 fully saturated rings. The van der Waals surface area contributed by atoms with Crippen LogP contribution in [-0.4, -0.2) is 19.0 Å². The quantitative estimate of drug-likeness (QED) is 0.787. The molecule has 2 nitrogen and oxygen atoms in total. The van der Waals surface area contributed by atoms with Crippen molar-refractivity contribution >= 4 is 6.08 Å². The highest BCUT2D eigenvalue weighted by atomic mass is 16.7. The number of ether oxygens (including phenoxy) is 2. The van der Waals surface area contributed by atoms with Gasteiger partial charge in [-0.1, -0.05) is 56.7 Å². The summed E-state index contributed by atoms with van der Waals surface area (Å²) in [6.45, 7) is 5.23. The number of hydrogen-bond donors (Lipinski definition) is 0. The Balaban J connectivity index is 1.93. The Hall–Kier alpha value is -1.12. The van der Waals surface area contributed by atoms with Crippen LogP contribution in [0.5, 0.6) is 0 Å². The Morgan fingerprint density at radius 1 is 1.21 bits per heavy atom. The largest absolute Gasteiger partial charge is 0.349 e. The van der Waals surface area contributed by atoms with E-state index in [1.165, 1.54) is 5.56 Å². The molecule has 0 radical (unpaired) electrons. The van der Waals surface area contributed by atoms with Crippen molar-refractivity contribution in [2.24, 2.45) is 5.92 Å². The standard InChI is InChI=1S/C17H24O2/c1-3-8-16-15(4-2)13-18-17(19-16)12-11-14-9-6-5-7-10-14/h5-7,9-12,15-17H,3-4,8,13H2,1-2H3/b12-11+/t15-,16+,17+/m1/s1. The van der Waals surface area contributed by atoms with Crippen molar-refractivity contribution in [2.75, 3.05) is 6.61 Å². The van der Waals surface area contributed by atoms with Gasteiger partial charge in [-0.25, -0.2) is 0 Å². The summed E-state index contributed by atoms with van der Waals surface area (Å²) in [5.74, 6) is 0.543. The van der Waals surface area contributed by atoms with Crippen molar-refractivity contribution in [3.63, 3.8) is 0 Å². The van der Waals surface area contributed by atoms with Gasteiger partial charge in [0.1, 0.15) is 0 Å². The Morgan fingerprint density at radius 3 is 2.68 bits per heavy atom. The van der Waals surface area contributed by atoms with Gasteiger partial charge in [0.05, 0.1) is 12.7 Å². The molecule has 1 aromatic carbocycles. The van der Waals surface area contributed by atoms with Crippen molar-refractivity contribution in [1.82, 2.24) is 0 Å². The van der Waals surface area contributed by atoms with E-state index in [0.717, 1.165) is 25.9 Å². The fourth-order valence-electron chi connectivity index (χ4n) is 2.47. The Bertz CT molecular complexity index is 386. The lowest BCUT2D eigenvalue weighted by molar-refractivity contribution is -0.214. The smallest absolute Gasteiger partial charge is 0.177 e. The van der Waals surface area contributed by atoms with Crippen molar-refractivity contribution < 1.29 is 9.47 Å². The van der Waals surface area contributed by atoms with Crippen LogP contribution in [0, 0.1) is 5.92 Å². The van der Waals surface area contributed by atoms with Gasteiger partial charge < -0.3 is 9.47 Å². The van der Waals surface area contributed by atoms with E-state index in [0.29, 0.717) is 12.0 Å². The average molecular weight is 260 g/mol. The van der Waals surface area contributed by atoms with Crippen molar-refractivity contribution in [3.05, 3.63) is 42.0 Å². The topological polar surface area (TPSA) is 18.5 Å². The van der Waals surface area contributed by atoms with Gasteiger partial charge >= 0.3 is 0 Å². The van der Waals surface area contributed by atoms with Crippen LogP contribution in [0.15, 0.2) is 36.4 Å². The molecule has 0 amide bonds. The second-order valence-corrected chi connectivity index (χ2v) is 5.10. The third-order valence-electron chi connectivity index (χ3n) is 3.65. The van der Waals surface area contributed by atoms with E-state index in [1.807, 2.05) is 24.3 Å². The van der Waals surface area contributed by atoms with E-state index in [4.69, 9.17) is 9.47 Å². The second kappa shape index (κ2) is 7.46. The molecular weight excluding hydrogens is 236 g/mol. The minimum atomic E-state index is -0.195. The minimum Gasteiger partial charge on any atom is -0.349 e. The fourth-order valence-corrected chi connectivity index (χ4v) is 2.47. The Labute approximate surface area is 116 Å². The van der Waals surface area contributed by atoms with E-state index in [2.05, 4.69) is 32.1 Å². The number of hydrogen-bond acceptors (Lipinski definition) is 2. The highest BCUT2D eigenvalue weighted by molar-refractivity contribution is 5.48. The summed E-state index contributed by atoms with van der Waals surface area (Å²) in [6, 6.07) is 10.3. The zero-order valence-corrected chi connectivity index (χ0v) is 11.9. The molecule has 1 aliphatic heterocycles. The van der Waals surface area contributed by atoms with Crippen LogP contribution < -0.4 is 0 Å². The highest BCUT2D eigenvalue weighted by Crippen LogP contribution is 2.25. The van der Waals surface area contributed by atoms with Gasteiger partial charge in [0.15, 0.2) is 6.29 Å². The number of rotatable bonds is 5. The Morgan fingerprint density at radius 2 is 2.00 bits per heavy atom. The molecule has 0 bridgehead atoms. The lowest BCUT2D eigenvalue weighted by Gasteiger charge is -2.35. The van der Waals surface area contributed by atoms with Crippen molar-refractivity contribution in [2.45, 2.75) is 45.5 Å². The lowest BCUT2D eigenvalue weighted by Crippen LogP contribution is -2.38. The molecular formula is C17H24O2. The van der Waals surface area contributed by atoms with Gasteiger partial charge in [-0.05, 0) is 24.5 Å². The van der Waals surface area contributed by atoms with Crippen LogP contribution in [0.1, 0.15) is 38.7 Å².